The predicted octanol–water partition coefficient (Wildman–Crippen LogP) is 2.24. The number of hydrogen-bond donors (Lipinski definition) is 2. The molecule has 0 bridgehead atoms. The first-order valence-corrected chi connectivity index (χ1v) is 8.47. The molecule has 0 aromatic carbocycles. The van der Waals surface area contributed by atoms with Gasteiger partial charge in [0.1, 0.15) is 6.04 Å². The number of nitrogens with zero attached hydrogens (tertiary/aromatic N) is 1. The van der Waals surface area contributed by atoms with Crippen LogP contribution >= 0.6 is 0 Å². The topological polar surface area (TPSA) is 52.6 Å². The van der Waals surface area contributed by atoms with Gasteiger partial charge >= 0.3 is 5.97 Å². The molecular weight excluding hydrogens is 252 g/mol. The molecule has 0 amide bonds. The lowest BCUT2D eigenvalue weighted by Gasteiger charge is -2.44. The minimum atomic E-state index is -0.672. The number of nitrogens with one attached hydrogen (secondary N) is 1. The standard InChI is InChI=1S/C16H28N2O2/c19-16(20)14(17-13-7-8-13)9-11-18-10-3-5-12-4-1-2-6-15(12)18/h12-15,17H,1-11H2,(H,19,20). The van der Waals surface area contributed by atoms with Crippen LogP contribution in [0, 0.1) is 5.92 Å². The van der Waals surface area contributed by atoms with E-state index in [0.29, 0.717) is 6.04 Å². The summed E-state index contributed by atoms with van der Waals surface area (Å²) < 4.78 is 0. The summed E-state index contributed by atoms with van der Waals surface area (Å²) in [5.41, 5.74) is 0. The number of fused-ring (bicyclic) bond motifs is 1. The van der Waals surface area contributed by atoms with E-state index in [9.17, 15) is 9.90 Å². The first-order chi connectivity index (χ1) is 9.74. The Balaban J connectivity index is 1.51. The largest absolute Gasteiger partial charge is 0.480 e. The molecule has 4 nitrogen and oxygen atoms in total. The van der Waals surface area contributed by atoms with Gasteiger partial charge in [0, 0.05) is 18.6 Å². The van der Waals surface area contributed by atoms with Crippen molar-refractivity contribution in [1.82, 2.24) is 10.2 Å². The van der Waals surface area contributed by atoms with Crippen LogP contribution in [0.2, 0.25) is 0 Å². The average molecular weight is 280 g/mol. The predicted molar refractivity (Wildman–Crippen MR) is 78.8 cm³/mol. The molecular formula is C16H28N2O2. The van der Waals surface area contributed by atoms with Gasteiger partial charge in [-0.05, 0) is 57.4 Å². The van der Waals surface area contributed by atoms with Gasteiger partial charge in [-0.1, -0.05) is 12.8 Å². The fourth-order valence-corrected chi connectivity index (χ4v) is 4.11. The zero-order valence-corrected chi connectivity index (χ0v) is 12.4. The summed E-state index contributed by atoms with van der Waals surface area (Å²) in [5, 5.41) is 12.6. The first-order valence-electron chi connectivity index (χ1n) is 8.47. The Labute approximate surface area is 121 Å². The number of carboxylic acids is 1. The Bertz CT molecular complexity index is 341. The van der Waals surface area contributed by atoms with Crippen LogP contribution in [0.4, 0.5) is 0 Å². The van der Waals surface area contributed by atoms with Crippen LogP contribution in [0.1, 0.15) is 57.8 Å². The molecule has 114 valence electrons. The van der Waals surface area contributed by atoms with Crippen molar-refractivity contribution in [3.63, 3.8) is 0 Å². The molecule has 2 saturated carbocycles. The molecule has 1 heterocycles. The van der Waals surface area contributed by atoms with Gasteiger partial charge < -0.3 is 15.3 Å². The molecule has 3 aliphatic rings. The van der Waals surface area contributed by atoms with Crippen molar-refractivity contribution in [3.8, 4) is 0 Å². The maximum absolute atomic E-state index is 11.3. The Morgan fingerprint density at radius 3 is 2.65 bits per heavy atom. The zero-order chi connectivity index (χ0) is 13.9. The maximum Gasteiger partial charge on any atom is 0.320 e. The summed E-state index contributed by atoms with van der Waals surface area (Å²) in [6, 6.07) is 0.874. The van der Waals surface area contributed by atoms with E-state index in [0.717, 1.165) is 37.8 Å². The van der Waals surface area contributed by atoms with Crippen molar-refractivity contribution < 1.29 is 9.90 Å². The van der Waals surface area contributed by atoms with Crippen LogP contribution in [0.3, 0.4) is 0 Å². The lowest BCUT2D eigenvalue weighted by Crippen LogP contribution is -2.49. The summed E-state index contributed by atoms with van der Waals surface area (Å²) in [6.07, 6.45) is 11.2. The van der Waals surface area contributed by atoms with Crippen LogP contribution in [0.5, 0.6) is 0 Å². The number of aliphatic carboxylic acids is 1. The monoisotopic (exact) mass is 280 g/mol. The number of carbonyl (C=O) groups is 1. The Morgan fingerprint density at radius 2 is 1.90 bits per heavy atom. The van der Waals surface area contributed by atoms with Gasteiger partial charge in [-0.15, -0.1) is 0 Å². The fourth-order valence-electron chi connectivity index (χ4n) is 4.11. The van der Waals surface area contributed by atoms with Gasteiger partial charge in [0.15, 0.2) is 0 Å². The highest BCUT2D eigenvalue weighted by molar-refractivity contribution is 5.73. The molecule has 0 spiro atoms. The van der Waals surface area contributed by atoms with Crippen molar-refractivity contribution in [2.24, 2.45) is 5.92 Å². The summed E-state index contributed by atoms with van der Waals surface area (Å²) in [5.74, 6) is 0.214. The lowest BCUT2D eigenvalue weighted by molar-refractivity contribution is -0.139. The molecule has 3 rings (SSSR count). The van der Waals surface area contributed by atoms with Crippen molar-refractivity contribution in [1.29, 1.82) is 0 Å². The summed E-state index contributed by atoms with van der Waals surface area (Å²) in [6.45, 7) is 2.13. The number of likely N-dealkylation sites (tertiary alicyclic amines) is 1. The first kappa shape index (κ1) is 14.3. The van der Waals surface area contributed by atoms with Crippen LogP contribution in [0.15, 0.2) is 0 Å². The Hall–Kier alpha value is -0.610. The lowest BCUT2D eigenvalue weighted by atomic mass is 9.78. The Kier molecular flexibility index (Phi) is 4.61. The number of rotatable bonds is 6. The summed E-state index contributed by atoms with van der Waals surface area (Å²) in [4.78, 5) is 13.9. The van der Waals surface area contributed by atoms with Crippen LogP contribution < -0.4 is 5.32 Å². The Morgan fingerprint density at radius 1 is 1.15 bits per heavy atom. The van der Waals surface area contributed by atoms with E-state index < -0.39 is 5.97 Å². The number of hydrogen-bond acceptors (Lipinski definition) is 3. The van der Waals surface area contributed by atoms with Crippen molar-refractivity contribution in [2.75, 3.05) is 13.1 Å². The zero-order valence-electron chi connectivity index (χ0n) is 12.4. The minimum Gasteiger partial charge on any atom is -0.480 e. The van der Waals surface area contributed by atoms with E-state index in [4.69, 9.17) is 0 Å². The highest BCUT2D eigenvalue weighted by Gasteiger charge is 2.34. The quantitative estimate of drug-likeness (QED) is 0.783. The molecule has 20 heavy (non-hydrogen) atoms. The van der Waals surface area contributed by atoms with Crippen LogP contribution in [-0.4, -0.2) is 47.2 Å². The molecule has 0 radical (unpaired) electrons. The van der Waals surface area contributed by atoms with E-state index in [1.165, 1.54) is 45.1 Å². The minimum absolute atomic E-state index is 0.341. The van der Waals surface area contributed by atoms with E-state index in [1.54, 1.807) is 0 Å². The van der Waals surface area contributed by atoms with Crippen LogP contribution in [-0.2, 0) is 4.79 Å². The summed E-state index contributed by atoms with van der Waals surface area (Å²) in [7, 11) is 0. The second-order valence-corrected chi connectivity index (χ2v) is 6.91. The maximum atomic E-state index is 11.3. The van der Waals surface area contributed by atoms with Crippen molar-refractivity contribution in [3.05, 3.63) is 0 Å². The van der Waals surface area contributed by atoms with E-state index in [2.05, 4.69) is 10.2 Å². The van der Waals surface area contributed by atoms with Crippen molar-refractivity contribution in [2.45, 2.75) is 75.9 Å². The average Bonchev–Trinajstić information content (AvgIpc) is 3.27. The molecule has 2 aliphatic carbocycles. The van der Waals surface area contributed by atoms with Crippen molar-refractivity contribution >= 4 is 5.97 Å². The van der Waals surface area contributed by atoms with Gasteiger partial charge in [0.05, 0.1) is 0 Å². The van der Waals surface area contributed by atoms with Gasteiger partial charge in [-0.3, -0.25) is 4.79 Å². The van der Waals surface area contributed by atoms with Gasteiger partial charge in [0.25, 0.3) is 0 Å². The van der Waals surface area contributed by atoms with E-state index >= 15 is 0 Å². The molecule has 0 aromatic heterocycles. The SMILES string of the molecule is O=C(O)C(CCN1CCCC2CCCCC21)NC1CC1. The highest BCUT2D eigenvalue weighted by atomic mass is 16.4. The van der Waals surface area contributed by atoms with Gasteiger partial charge in [-0.25, -0.2) is 0 Å². The molecule has 1 saturated heterocycles. The molecule has 0 aromatic rings. The molecule has 3 atom stereocenters. The van der Waals surface area contributed by atoms with E-state index in [1.807, 2.05) is 0 Å². The smallest absolute Gasteiger partial charge is 0.320 e. The van der Waals surface area contributed by atoms with Gasteiger partial charge in [0.2, 0.25) is 0 Å². The summed E-state index contributed by atoms with van der Waals surface area (Å²) >= 11 is 0. The normalized spacial score (nSPS) is 32.6. The van der Waals surface area contributed by atoms with E-state index in [-0.39, 0.29) is 6.04 Å². The molecule has 4 heteroatoms. The molecule has 1 aliphatic heterocycles. The van der Waals surface area contributed by atoms with Gasteiger partial charge in [-0.2, -0.15) is 0 Å². The third kappa shape index (κ3) is 3.53. The molecule has 3 fully saturated rings. The fraction of sp³-hybridized carbons (Fsp3) is 0.938. The molecule has 3 unspecified atom stereocenters. The third-order valence-electron chi connectivity index (χ3n) is 5.38. The second kappa shape index (κ2) is 6.44. The third-order valence-corrected chi connectivity index (χ3v) is 5.38. The second-order valence-electron chi connectivity index (χ2n) is 6.91. The van der Waals surface area contributed by atoms with Crippen LogP contribution in [0.25, 0.3) is 0 Å². The highest BCUT2D eigenvalue weighted by Crippen LogP contribution is 2.35. The molecule has 2 N–H and O–H groups in total. The number of carboxylic acid groups (broad SMARTS) is 1. The number of piperidine rings is 1.